The van der Waals surface area contributed by atoms with E-state index >= 15 is 0 Å². The van der Waals surface area contributed by atoms with Gasteiger partial charge in [0.2, 0.25) is 0 Å². The summed E-state index contributed by atoms with van der Waals surface area (Å²) in [7, 11) is -5.64. The van der Waals surface area contributed by atoms with E-state index < -0.39 is 150 Å². The second-order valence-electron chi connectivity index (χ2n) is 22.9. The SMILES string of the molecule is CCCCCC/C=C\CCCCCCCCCC(=O)OC(COC(=O)CCCCCCCCCCCCCCCCCCC)COP(=O)(O)OC1C(OC2OC(CO)C(O)C(O)C2O)C(O)C(O)C(O)C1OC1OC(CO)C(O)C(O)C1O. The number of aliphatic hydroxyl groups is 11. The Hall–Kier alpha value is -1.81. The number of phosphoric ester groups is 1. The molecule has 24 heteroatoms. The molecule has 23 nitrogen and oxygen atoms in total. The van der Waals surface area contributed by atoms with Crippen LogP contribution in [0.15, 0.2) is 12.2 Å². The molecule has 0 spiro atoms. The highest BCUT2D eigenvalue weighted by Gasteiger charge is 2.58. The van der Waals surface area contributed by atoms with Gasteiger partial charge in [0.15, 0.2) is 18.7 Å². The lowest BCUT2D eigenvalue weighted by atomic mass is 9.84. The van der Waals surface area contributed by atoms with Crippen molar-refractivity contribution in [3.63, 3.8) is 0 Å². The monoisotopic (exact) mass is 1220 g/mol. The fourth-order valence-electron chi connectivity index (χ4n) is 10.6. The number of esters is 2. The topological polar surface area (TPSA) is 368 Å². The first-order valence-corrected chi connectivity index (χ1v) is 33.0. The van der Waals surface area contributed by atoms with Crippen LogP contribution in [0, 0.1) is 0 Å². The minimum absolute atomic E-state index is 0.0336. The molecule has 2 saturated heterocycles. The van der Waals surface area contributed by atoms with Crippen molar-refractivity contribution in [1.82, 2.24) is 0 Å². The number of carbonyl (C=O) groups excluding carboxylic acids is 2. The van der Waals surface area contributed by atoms with Gasteiger partial charge in [-0.1, -0.05) is 180 Å². The fraction of sp³-hybridized carbons (Fsp3) is 0.932. The lowest BCUT2D eigenvalue weighted by Gasteiger charge is -2.49. The van der Waals surface area contributed by atoms with Crippen molar-refractivity contribution in [3.8, 4) is 0 Å². The summed E-state index contributed by atoms with van der Waals surface area (Å²) < 4.78 is 58.2. The van der Waals surface area contributed by atoms with Gasteiger partial charge in [-0.15, -0.1) is 0 Å². The Kier molecular flexibility index (Phi) is 39.8. The normalized spacial score (nSPS) is 30.6. The van der Waals surface area contributed by atoms with Crippen molar-refractivity contribution in [2.75, 3.05) is 26.4 Å². The second-order valence-corrected chi connectivity index (χ2v) is 24.3. The quantitative estimate of drug-likeness (QED) is 0.0155. The fourth-order valence-corrected chi connectivity index (χ4v) is 11.5. The van der Waals surface area contributed by atoms with E-state index in [0.29, 0.717) is 12.8 Å². The molecular formula is C59H109O23P. The van der Waals surface area contributed by atoms with E-state index in [0.717, 1.165) is 77.0 Å². The van der Waals surface area contributed by atoms with Crippen molar-refractivity contribution < 1.29 is 113 Å². The summed E-state index contributed by atoms with van der Waals surface area (Å²) in [6, 6.07) is 0. The average Bonchev–Trinajstić information content (AvgIpc) is 3.66. The van der Waals surface area contributed by atoms with Gasteiger partial charge in [-0.25, -0.2) is 4.57 Å². The summed E-state index contributed by atoms with van der Waals surface area (Å²) in [4.78, 5) is 37.6. The third kappa shape index (κ3) is 28.9. The van der Waals surface area contributed by atoms with Crippen LogP contribution in [-0.4, -0.2) is 204 Å². The molecule has 3 rings (SSSR count). The zero-order valence-electron chi connectivity index (χ0n) is 49.7. The Morgan fingerprint density at radius 1 is 0.446 bits per heavy atom. The van der Waals surface area contributed by atoms with E-state index in [-0.39, 0.29) is 12.8 Å². The van der Waals surface area contributed by atoms with Crippen LogP contribution in [0.25, 0.3) is 0 Å². The molecule has 1 aliphatic carbocycles. The minimum Gasteiger partial charge on any atom is -0.462 e. The molecule has 0 aromatic rings. The van der Waals surface area contributed by atoms with Crippen molar-refractivity contribution in [1.29, 1.82) is 0 Å². The molecule has 0 aromatic heterocycles. The zero-order valence-corrected chi connectivity index (χ0v) is 50.6. The number of hydrogen-bond donors (Lipinski definition) is 12. The molecule has 3 fully saturated rings. The third-order valence-corrected chi connectivity index (χ3v) is 16.8. The highest BCUT2D eigenvalue weighted by Crippen LogP contribution is 2.49. The molecule has 16 atom stereocenters. The molecule has 2 aliphatic heterocycles. The number of phosphoric acid groups is 1. The Morgan fingerprint density at radius 2 is 0.795 bits per heavy atom. The van der Waals surface area contributed by atoms with Gasteiger partial charge in [0.25, 0.3) is 0 Å². The highest BCUT2D eigenvalue weighted by atomic mass is 31.2. The summed E-state index contributed by atoms with van der Waals surface area (Å²) in [6.07, 6.45) is 3.16. The molecule has 2 heterocycles. The van der Waals surface area contributed by atoms with Crippen molar-refractivity contribution in [2.24, 2.45) is 0 Å². The van der Waals surface area contributed by atoms with Crippen LogP contribution in [0.3, 0.4) is 0 Å². The van der Waals surface area contributed by atoms with Gasteiger partial charge >= 0.3 is 19.8 Å². The van der Waals surface area contributed by atoms with Crippen molar-refractivity contribution in [3.05, 3.63) is 12.2 Å². The van der Waals surface area contributed by atoms with Crippen molar-refractivity contribution >= 4 is 19.8 Å². The first-order valence-electron chi connectivity index (χ1n) is 31.5. The minimum atomic E-state index is -5.64. The number of ether oxygens (including phenoxy) is 6. The average molecular weight is 1220 g/mol. The standard InChI is InChI=1S/C59H109O23P/c1-3-5-7-9-11-13-15-17-19-20-22-23-25-27-29-31-33-35-44(62)75-39-41(77-45(63)36-34-32-30-28-26-24-21-18-16-14-12-10-8-6-4-2)40-76-83(73,74)82-57-55(80-58-53(71)48(66)46(64)42(37-60)78-58)51(69)50(68)52(70)56(57)81-59-54(72)49(67)47(65)43(38-61)79-59/h14,16,41-43,46-61,64-72H,3-13,15,17-40H2,1-2H3,(H,73,74)/b16-14-. The lowest BCUT2D eigenvalue weighted by molar-refractivity contribution is -0.360. The Bertz CT molecular complexity index is 1700. The predicted octanol–water partition coefficient (Wildman–Crippen LogP) is 5.49. The van der Waals surface area contributed by atoms with Crippen LogP contribution in [0.1, 0.15) is 219 Å². The van der Waals surface area contributed by atoms with Crippen LogP contribution in [0.4, 0.5) is 0 Å². The molecule has 1 saturated carbocycles. The maximum atomic E-state index is 14.1. The number of unbranched alkanes of at least 4 members (excludes halogenated alkanes) is 27. The summed E-state index contributed by atoms with van der Waals surface area (Å²) in [6.45, 7) is 1.03. The summed E-state index contributed by atoms with van der Waals surface area (Å²) in [5.41, 5.74) is 0. The first kappa shape index (κ1) is 75.4. The van der Waals surface area contributed by atoms with E-state index in [1.807, 2.05) is 0 Å². The van der Waals surface area contributed by atoms with Gasteiger partial charge in [-0.3, -0.25) is 18.6 Å². The van der Waals surface area contributed by atoms with Gasteiger partial charge in [0.1, 0.15) is 92.1 Å². The van der Waals surface area contributed by atoms with Crippen LogP contribution in [0.2, 0.25) is 0 Å². The highest BCUT2D eigenvalue weighted by molar-refractivity contribution is 7.47. The van der Waals surface area contributed by atoms with E-state index in [9.17, 15) is 75.2 Å². The third-order valence-electron chi connectivity index (χ3n) is 15.8. The molecule has 3 aliphatic rings. The number of hydrogen-bond acceptors (Lipinski definition) is 22. The number of carbonyl (C=O) groups is 2. The first-order chi connectivity index (χ1) is 39.9. The van der Waals surface area contributed by atoms with Crippen LogP contribution in [0.5, 0.6) is 0 Å². The zero-order chi connectivity index (χ0) is 61.0. The summed E-state index contributed by atoms with van der Waals surface area (Å²) >= 11 is 0. The largest absolute Gasteiger partial charge is 0.472 e. The Balaban J connectivity index is 1.66. The molecule has 83 heavy (non-hydrogen) atoms. The molecule has 488 valence electrons. The molecule has 0 bridgehead atoms. The second kappa shape index (κ2) is 43.8. The van der Waals surface area contributed by atoms with Crippen LogP contribution in [-0.2, 0) is 51.6 Å². The Labute approximate surface area is 493 Å². The molecule has 0 amide bonds. The summed E-state index contributed by atoms with van der Waals surface area (Å²) in [5, 5.41) is 117. The van der Waals surface area contributed by atoms with Gasteiger partial charge in [0, 0.05) is 12.8 Å². The van der Waals surface area contributed by atoms with Gasteiger partial charge in [0.05, 0.1) is 19.8 Å². The van der Waals surface area contributed by atoms with E-state index in [1.165, 1.54) is 103 Å². The van der Waals surface area contributed by atoms with Crippen LogP contribution >= 0.6 is 7.82 Å². The van der Waals surface area contributed by atoms with Gasteiger partial charge < -0.3 is 89.5 Å². The van der Waals surface area contributed by atoms with E-state index in [1.54, 1.807) is 0 Å². The van der Waals surface area contributed by atoms with E-state index in [4.69, 9.17) is 37.5 Å². The van der Waals surface area contributed by atoms with Gasteiger partial charge in [-0.05, 0) is 38.5 Å². The number of rotatable bonds is 47. The smallest absolute Gasteiger partial charge is 0.462 e. The van der Waals surface area contributed by atoms with E-state index in [2.05, 4.69) is 26.0 Å². The molecule has 16 unspecified atom stereocenters. The molecular weight excluding hydrogens is 1110 g/mol. The Morgan fingerprint density at radius 3 is 1.19 bits per heavy atom. The van der Waals surface area contributed by atoms with Crippen LogP contribution < -0.4 is 0 Å². The lowest BCUT2D eigenvalue weighted by Crippen LogP contribution is -2.69. The molecule has 12 N–H and O–H groups in total. The van der Waals surface area contributed by atoms with Gasteiger partial charge in [-0.2, -0.15) is 0 Å². The number of allylic oxidation sites excluding steroid dienone is 2. The summed E-state index contributed by atoms with van der Waals surface area (Å²) in [5.74, 6) is -1.33. The maximum Gasteiger partial charge on any atom is 0.472 e. The van der Waals surface area contributed by atoms with Crippen molar-refractivity contribution in [2.45, 2.75) is 323 Å². The predicted molar refractivity (Wildman–Crippen MR) is 305 cm³/mol. The molecule has 0 radical (unpaired) electrons. The maximum absolute atomic E-state index is 14.1. The molecule has 0 aromatic carbocycles. The number of aliphatic hydroxyl groups excluding tert-OH is 11.